The minimum atomic E-state index is 0.678. The third-order valence-electron chi connectivity index (χ3n) is 4.48. The van der Waals surface area contributed by atoms with Gasteiger partial charge in [0, 0.05) is 56.7 Å². The number of pyridine rings is 1. The van der Waals surface area contributed by atoms with Crippen molar-refractivity contribution in [3.05, 3.63) is 24.0 Å². The molecule has 0 aliphatic carbocycles. The van der Waals surface area contributed by atoms with E-state index in [4.69, 9.17) is 19.7 Å². The van der Waals surface area contributed by atoms with Gasteiger partial charge in [-0.1, -0.05) is 0 Å². The zero-order valence-electron chi connectivity index (χ0n) is 14.5. The third kappa shape index (κ3) is 3.69. The summed E-state index contributed by atoms with van der Waals surface area (Å²) in [5, 5.41) is 3.37. The predicted octanol–water partition coefficient (Wildman–Crippen LogP) is 0.488. The summed E-state index contributed by atoms with van der Waals surface area (Å²) in [4.78, 5) is 23.0. The lowest BCUT2D eigenvalue weighted by molar-refractivity contribution is 0.122. The van der Waals surface area contributed by atoms with Crippen molar-refractivity contribution in [2.24, 2.45) is 0 Å². The van der Waals surface area contributed by atoms with Crippen LogP contribution in [0.1, 0.15) is 5.69 Å². The molecule has 4 rings (SSSR count). The Morgan fingerprint density at radius 3 is 2.24 bits per heavy atom. The first-order valence-electron chi connectivity index (χ1n) is 8.77. The monoisotopic (exact) mass is 341 g/mol. The maximum atomic E-state index is 5.45. The Labute approximate surface area is 147 Å². The average molecular weight is 341 g/mol. The maximum absolute atomic E-state index is 5.45. The molecule has 1 N–H and O–H groups in total. The van der Waals surface area contributed by atoms with E-state index in [-0.39, 0.29) is 0 Å². The predicted molar refractivity (Wildman–Crippen MR) is 95.9 cm³/mol. The average Bonchev–Trinajstić information content (AvgIpc) is 2.69. The topological polar surface area (TPSA) is 79.3 Å². The van der Waals surface area contributed by atoms with Crippen molar-refractivity contribution in [1.29, 1.82) is 0 Å². The Balaban J connectivity index is 1.72. The van der Waals surface area contributed by atoms with Gasteiger partial charge in [-0.25, -0.2) is 0 Å². The lowest BCUT2D eigenvalue weighted by Crippen LogP contribution is -2.44. The van der Waals surface area contributed by atoms with Crippen LogP contribution in [0.5, 0.6) is 0 Å². The number of piperazine rings is 1. The van der Waals surface area contributed by atoms with Crippen LogP contribution in [0, 0.1) is 6.92 Å². The number of aromatic nitrogens is 4. The Kier molecular flexibility index (Phi) is 4.71. The van der Waals surface area contributed by atoms with Gasteiger partial charge in [-0.3, -0.25) is 4.98 Å². The number of aryl methyl sites for hydroxylation is 1. The molecule has 0 saturated carbocycles. The van der Waals surface area contributed by atoms with Crippen LogP contribution in [0.25, 0.3) is 11.4 Å². The molecule has 0 spiro atoms. The van der Waals surface area contributed by atoms with E-state index in [1.54, 1.807) is 0 Å². The Morgan fingerprint density at radius 2 is 1.60 bits per heavy atom. The molecule has 8 heteroatoms. The van der Waals surface area contributed by atoms with Gasteiger partial charge in [0.1, 0.15) is 0 Å². The van der Waals surface area contributed by atoms with Gasteiger partial charge in [0.05, 0.1) is 13.2 Å². The van der Waals surface area contributed by atoms with Gasteiger partial charge < -0.3 is 19.9 Å². The molecule has 2 saturated heterocycles. The molecule has 8 nitrogen and oxygen atoms in total. The Morgan fingerprint density at radius 1 is 0.920 bits per heavy atom. The highest BCUT2D eigenvalue weighted by Crippen LogP contribution is 2.22. The SMILES string of the molecule is Cc1ccc(-c2nc(N3CCNCC3)nc(N3CCOCC3)n2)cn1. The molecule has 2 fully saturated rings. The molecule has 0 aromatic carbocycles. The van der Waals surface area contributed by atoms with Gasteiger partial charge >= 0.3 is 0 Å². The van der Waals surface area contributed by atoms with Crippen LogP contribution in [-0.4, -0.2) is 72.4 Å². The smallest absolute Gasteiger partial charge is 0.230 e. The number of morpholine rings is 1. The highest BCUT2D eigenvalue weighted by molar-refractivity contribution is 5.58. The molecule has 132 valence electrons. The van der Waals surface area contributed by atoms with E-state index in [2.05, 4.69) is 20.1 Å². The molecule has 25 heavy (non-hydrogen) atoms. The van der Waals surface area contributed by atoms with Crippen LogP contribution in [0.15, 0.2) is 18.3 Å². The van der Waals surface area contributed by atoms with Crippen molar-refractivity contribution in [2.45, 2.75) is 6.92 Å². The van der Waals surface area contributed by atoms with Crippen LogP contribution in [0.2, 0.25) is 0 Å². The summed E-state index contributed by atoms with van der Waals surface area (Å²) >= 11 is 0. The summed E-state index contributed by atoms with van der Waals surface area (Å²) in [6.45, 7) is 8.68. The van der Waals surface area contributed by atoms with Gasteiger partial charge in [0.15, 0.2) is 5.82 Å². The van der Waals surface area contributed by atoms with Crippen molar-refractivity contribution in [2.75, 3.05) is 62.3 Å². The van der Waals surface area contributed by atoms with Gasteiger partial charge in [-0.2, -0.15) is 15.0 Å². The normalized spacial score (nSPS) is 18.4. The summed E-state index contributed by atoms with van der Waals surface area (Å²) in [5.74, 6) is 2.15. The van der Waals surface area contributed by atoms with E-state index in [0.29, 0.717) is 19.0 Å². The van der Waals surface area contributed by atoms with Gasteiger partial charge in [-0.15, -0.1) is 0 Å². The molecule has 0 amide bonds. The largest absolute Gasteiger partial charge is 0.378 e. The van der Waals surface area contributed by atoms with Gasteiger partial charge in [-0.05, 0) is 19.1 Å². The molecule has 4 heterocycles. The number of ether oxygens (including phenoxy) is 1. The number of nitrogens with zero attached hydrogens (tertiary/aromatic N) is 6. The number of rotatable bonds is 3. The molecular weight excluding hydrogens is 318 g/mol. The summed E-state index contributed by atoms with van der Waals surface area (Å²) in [5.41, 5.74) is 1.90. The number of hydrogen-bond donors (Lipinski definition) is 1. The van der Waals surface area contributed by atoms with E-state index in [0.717, 1.165) is 62.4 Å². The lowest BCUT2D eigenvalue weighted by atomic mass is 10.2. The van der Waals surface area contributed by atoms with Gasteiger partial charge in [0.2, 0.25) is 11.9 Å². The highest BCUT2D eigenvalue weighted by atomic mass is 16.5. The first kappa shape index (κ1) is 16.2. The number of anilines is 2. The molecule has 0 unspecified atom stereocenters. The zero-order valence-corrected chi connectivity index (χ0v) is 14.5. The quantitative estimate of drug-likeness (QED) is 0.864. The lowest BCUT2D eigenvalue weighted by Gasteiger charge is -2.30. The van der Waals surface area contributed by atoms with Crippen molar-refractivity contribution in [1.82, 2.24) is 25.3 Å². The first-order valence-corrected chi connectivity index (χ1v) is 8.77. The minimum absolute atomic E-state index is 0.678. The highest BCUT2D eigenvalue weighted by Gasteiger charge is 2.20. The van der Waals surface area contributed by atoms with Crippen LogP contribution in [-0.2, 0) is 4.74 Å². The summed E-state index contributed by atoms with van der Waals surface area (Å²) in [6.07, 6.45) is 1.83. The van der Waals surface area contributed by atoms with Crippen molar-refractivity contribution in [3.63, 3.8) is 0 Å². The van der Waals surface area contributed by atoms with Crippen LogP contribution in [0.4, 0.5) is 11.9 Å². The molecular formula is C17H23N7O. The minimum Gasteiger partial charge on any atom is -0.378 e. The first-order chi connectivity index (χ1) is 12.3. The van der Waals surface area contributed by atoms with Crippen LogP contribution in [0.3, 0.4) is 0 Å². The van der Waals surface area contributed by atoms with E-state index < -0.39 is 0 Å². The second-order valence-corrected chi connectivity index (χ2v) is 6.28. The molecule has 2 aliphatic heterocycles. The molecule has 2 aromatic rings. The van der Waals surface area contributed by atoms with Crippen LogP contribution >= 0.6 is 0 Å². The Hall–Kier alpha value is -2.32. The molecule has 2 aromatic heterocycles. The number of nitrogens with one attached hydrogen (secondary N) is 1. The molecule has 0 atom stereocenters. The van der Waals surface area contributed by atoms with Gasteiger partial charge in [0.25, 0.3) is 0 Å². The summed E-state index contributed by atoms with van der Waals surface area (Å²) in [7, 11) is 0. The van der Waals surface area contributed by atoms with E-state index >= 15 is 0 Å². The molecule has 0 radical (unpaired) electrons. The maximum Gasteiger partial charge on any atom is 0.230 e. The summed E-state index contributed by atoms with van der Waals surface area (Å²) < 4.78 is 5.45. The molecule has 2 aliphatic rings. The van der Waals surface area contributed by atoms with Crippen molar-refractivity contribution in [3.8, 4) is 11.4 Å². The van der Waals surface area contributed by atoms with E-state index in [1.165, 1.54) is 0 Å². The molecule has 0 bridgehead atoms. The second-order valence-electron chi connectivity index (χ2n) is 6.28. The number of hydrogen-bond acceptors (Lipinski definition) is 8. The Bertz CT molecular complexity index is 673. The van der Waals surface area contributed by atoms with E-state index in [9.17, 15) is 0 Å². The second kappa shape index (κ2) is 7.28. The fourth-order valence-corrected chi connectivity index (χ4v) is 2.99. The van der Waals surface area contributed by atoms with Crippen LogP contribution < -0.4 is 15.1 Å². The fraction of sp³-hybridized carbons (Fsp3) is 0.529. The van der Waals surface area contributed by atoms with Crippen molar-refractivity contribution < 1.29 is 4.74 Å². The van der Waals surface area contributed by atoms with Crippen molar-refractivity contribution >= 4 is 11.9 Å². The summed E-state index contributed by atoms with van der Waals surface area (Å²) in [6, 6.07) is 4.00. The third-order valence-corrected chi connectivity index (χ3v) is 4.48. The van der Waals surface area contributed by atoms with E-state index in [1.807, 2.05) is 25.3 Å². The fourth-order valence-electron chi connectivity index (χ4n) is 2.99. The standard InChI is InChI=1S/C17H23N7O/c1-13-2-3-14(12-19-13)15-20-16(23-6-4-18-5-7-23)22-17(21-15)24-8-10-25-11-9-24/h2-3,12,18H,4-11H2,1H3. The zero-order chi connectivity index (χ0) is 17.1.